The van der Waals surface area contributed by atoms with Crippen LogP contribution in [0.2, 0.25) is 0 Å². The van der Waals surface area contributed by atoms with Crippen molar-refractivity contribution < 1.29 is 32.9 Å². The summed E-state index contributed by atoms with van der Waals surface area (Å²) in [4.78, 5) is 25.2. The first-order valence-electron chi connectivity index (χ1n) is 17.7. The first-order chi connectivity index (χ1) is 27.1. The summed E-state index contributed by atoms with van der Waals surface area (Å²) >= 11 is 22.9. The van der Waals surface area contributed by atoms with Gasteiger partial charge in [-0.1, -0.05) is 129 Å². The molecule has 4 aromatic carbocycles. The van der Waals surface area contributed by atoms with Gasteiger partial charge in [-0.25, -0.2) is 4.39 Å². The molecule has 0 spiro atoms. The molecule has 13 heteroatoms. The van der Waals surface area contributed by atoms with E-state index in [2.05, 4.69) is 0 Å². The van der Waals surface area contributed by atoms with E-state index in [4.69, 9.17) is 65.4 Å². The van der Waals surface area contributed by atoms with Crippen molar-refractivity contribution >= 4 is 58.3 Å². The van der Waals surface area contributed by atoms with Crippen molar-refractivity contribution in [2.24, 2.45) is 34.5 Å². The molecule has 0 heterocycles. The van der Waals surface area contributed by atoms with Gasteiger partial charge in [0.25, 0.3) is 0 Å². The number of nitrogens with zero attached hydrogens (tertiary/aromatic N) is 2. The Morgan fingerprint density at radius 2 is 1.07 bits per heavy atom. The number of hydrogen-bond acceptors (Lipinski definition) is 8. The Morgan fingerprint density at radius 1 is 0.632 bits per heavy atom. The number of benzene rings is 4. The number of allylic oxidation sites excluding steroid dienone is 2. The molecule has 0 bridgehead atoms. The summed E-state index contributed by atoms with van der Waals surface area (Å²) in [6, 6.07) is 32.8. The number of hydrogen-bond donors (Lipinski definition) is 0. The number of halogens is 5. The predicted molar refractivity (Wildman–Crippen MR) is 216 cm³/mol. The van der Waals surface area contributed by atoms with E-state index in [9.17, 15) is 24.5 Å². The maximum Gasteiger partial charge on any atom is 0.311 e. The van der Waals surface area contributed by atoms with Crippen LogP contribution in [0.5, 0.6) is 23.0 Å². The van der Waals surface area contributed by atoms with Crippen molar-refractivity contribution in [2.45, 2.75) is 39.9 Å². The molecule has 6 rings (SSSR count). The standard InChI is InChI=1S/C22H18Cl2FNO3.C22H19Cl2NO3/c1-22(2)15(11-19(23)24)20(22)21(27)29-18(12-26)13-8-9-16(25)17(10-13)28-14-6-4-3-5-7-14;1-22(2)17(12-19(23)24)20(22)21(26)28-18(13-25)14-7-6-10-16(11-14)27-15-8-4-3-5-9-15/h3-11,15,18,20H,1-2H3;3-12,17-18,20H,1-2H3. The molecule has 0 aromatic heterocycles. The van der Waals surface area contributed by atoms with Gasteiger partial charge in [-0.15, -0.1) is 0 Å². The van der Waals surface area contributed by atoms with Gasteiger partial charge < -0.3 is 18.9 Å². The fourth-order valence-electron chi connectivity index (χ4n) is 6.61. The molecule has 0 saturated heterocycles. The van der Waals surface area contributed by atoms with Gasteiger partial charge in [0, 0.05) is 11.1 Å². The van der Waals surface area contributed by atoms with Gasteiger partial charge in [0.05, 0.1) is 11.8 Å². The van der Waals surface area contributed by atoms with Gasteiger partial charge >= 0.3 is 11.9 Å². The molecule has 2 aliphatic carbocycles. The highest BCUT2D eigenvalue weighted by molar-refractivity contribution is 6.56. The van der Waals surface area contributed by atoms with E-state index in [1.807, 2.05) is 76.2 Å². The van der Waals surface area contributed by atoms with Crippen LogP contribution < -0.4 is 9.47 Å². The molecule has 4 aromatic rings. The molecule has 8 nitrogen and oxygen atoms in total. The summed E-state index contributed by atoms with van der Waals surface area (Å²) < 4.78 is 36.6. The summed E-state index contributed by atoms with van der Waals surface area (Å²) in [6.45, 7) is 7.66. The highest BCUT2D eigenvalue weighted by Gasteiger charge is 2.62. The van der Waals surface area contributed by atoms with Crippen molar-refractivity contribution in [2.75, 3.05) is 0 Å². The summed E-state index contributed by atoms with van der Waals surface area (Å²) in [6.07, 6.45) is 1.01. The van der Waals surface area contributed by atoms with E-state index in [0.717, 1.165) is 0 Å². The molecule has 0 N–H and O–H groups in total. The third kappa shape index (κ3) is 10.9. The van der Waals surface area contributed by atoms with E-state index in [1.54, 1.807) is 60.7 Å². The average Bonchev–Trinajstić information content (AvgIpc) is 3.94. The van der Waals surface area contributed by atoms with E-state index in [-0.39, 0.29) is 43.3 Å². The molecule has 2 saturated carbocycles. The minimum Gasteiger partial charge on any atom is -0.457 e. The van der Waals surface area contributed by atoms with Crippen molar-refractivity contribution in [3.63, 3.8) is 0 Å². The van der Waals surface area contributed by atoms with E-state index < -0.39 is 35.9 Å². The number of ether oxygens (including phenoxy) is 4. The lowest BCUT2D eigenvalue weighted by molar-refractivity contribution is -0.150. The molecule has 294 valence electrons. The fraction of sp³-hybridized carbons (Fsp3) is 0.273. The average molecular weight is 851 g/mol. The molecule has 0 amide bonds. The summed E-state index contributed by atoms with van der Waals surface area (Å²) in [5.74, 6) is -1.10. The van der Waals surface area contributed by atoms with E-state index in [1.165, 1.54) is 18.2 Å². The predicted octanol–water partition coefficient (Wildman–Crippen LogP) is 12.5. The van der Waals surface area contributed by atoms with Crippen LogP contribution in [0.15, 0.2) is 124 Å². The maximum atomic E-state index is 14.2. The highest BCUT2D eigenvalue weighted by Crippen LogP contribution is 2.61. The molecule has 57 heavy (non-hydrogen) atoms. The zero-order valence-electron chi connectivity index (χ0n) is 31.2. The minimum absolute atomic E-state index is 0.0634. The molecular formula is C44H37Cl4FN2O6. The largest absolute Gasteiger partial charge is 0.457 e. The second-order valence-corrected chi connectivity index (χ2v) is 16.6. The fourth-order valence-corrected chi connectivity index (χ4v) is 7.15. The van der Waals surface area contributed by atoms with Gasteiger partial charge in [0.15, 0.2) is 11.6 Å². The number of carbonyl (C=O) groups excluding carboxylic acids is 2. The van der Waals surface area contributed by atoms with Crippen LogP contribution in [-0.2, 0) is 19.1 Å². The third-order valence-corrected chi connectivity index (χ3v) is 10.5. The Morgan fingerprint density at radius 3 is 1.53 bits per heavy atom. The van der Waals surface area contributed by atoms with Crippen molar-refractivity contribution in [1.82, 2.24) is 0 Å². The molecule has 0 aliphatic heterocycles. The van der Waals surface area contributed by atoms with Crippen molar-refractivity contribution in [3.8, 4) is 35.1 Å². The van der Waals surface area contributed by atoms with E-state index in [0.29, 0.717) is 28.4 Å². The number of para-hydroxylation sites is 2. The van der Waals surface area contributed by atoms with Crippen molar-refractivity contribution in [3.05, 3.63) is 141 Å². The molecule has 6 atom stereocenters. The van der Waals surface area contributed by atoms with Gasteiger partial charge in [-0.05, 0) is 83.3 Å². The Balaban J connectivity index is 0.000000218. The normalized spacial score (nSPS) is 20.3. The number of nitriles is 2. The first-order valence-corrected chi connectivity index (χ1v) is 19.2. The van der Waals surface area contributed by atoms with E-state index >= 15 is 0 Å². The molecule has 0 radical (unpaired) electrons. The summed E-state index contributed by atoms with van der Waals surface area (Å²) in [7, 11) is 0. The highest BCUT2D eigenvalue weighted by atomic mass is 35.5. The Hall–Kier alpha value is -5.03. The van der Waals surface area contributed by atoms with Gasteiger partial charge in [-0.3, -0.25) is 9.59 Å². The SMILES string of the molecule is CC1(C)C(C=C(Cl)Cl)C1C(=O)OC(C#N)c1ccc(F)c(Oc2ccccc2)c1.CC1(C)C(C=C(Cl)Cl)C1C(=O)OC(C#N)c1cccc(Oc2ccccc2)c1. The van der Waals surface area contributed by atoms with Gasteiger partial charge in [0.2, 0.25) is 12.2 Å². The smallest absolute Gasteiger partial charge is 0.311 e. The number of esters is 2. The van der Waals surface area contributed by atoms with Crippen LogP contribution in [0.1, 0.15) is 51.0 Å². The quantitative estimate of drug-likeness (QED) is 0.129. The second-order valence-electron chi connectivity index (χ2n) is 14.5. The molecule has 6 unspecified atom stereocenters. The Bertz CT molecular complexity index is 2230. The lowest BCUT2D eigenvalue weighted by Gasteiger charge is -2.14. The van der Waals surface area contributed by atoms with Crippen LogP contribution in [0.3, 0.4) is 0 Å². The van der Waals surface area contributed by atoms with Gasteiger partial charge in [0.1, 0.15) is 38.4 Å². The van der Waals surface area contributed by atoms with Crippen LogP contribution in [-0.4, -0.2) is 11.9 Å². The van der Waals surface area contributed by atoms with Crippen LogP contribution >= 0.6 is 46.4 Å². The van der Waals surface area contributed by atoms with Crippen LogP contribution in [0, 0.1) is 63.0 Å². The topological polar surface area (TPSA) is 119 Å². The minimum atomic E-state index is -1.20. The molecule has 2 fully saturated rings. The zero-order chi connectivity index (χ0) is 41.5. The summed E-state index contributed by atoms with van der Waals surface area (Å²) in [5.41, 5.74) is 0.167. The van der Waals surface area contributed by atoms with Crippen LogP contribution in [0.4, 0.5) is 4.39 Å². The zero-order valence-corrected chi connectivity index (χ0v) is 34.2. The van der Waals surface area contributed by atoms with Crippen LogP contribution in [0.25, 0.3) is 0 Å². The number of carbonyl (C=O) groups is 2. The van der Waals surface area contributed by atoms with Gasteiger partial charge in [-0.2, -0.15) is 10.5 Å². The third-order valence-electron chi connectivity index (χ3n) is 10.0. The maximum absolute atomic E-state index is 14.2. The second kappa shape index (κ2) is 18.5. The first kappa shape index (κ1) is 43.1. The Labute approximate surface area is 350 Å². The summed E-state index contributed by atoms with van der Waals surface area (Å²) in [5, 5.41) is 19.0. The Kier molecular flexibility index (Phi) is 14.0. The lowest BCUT2D eigenvalue weighted by Crippen LogP contribution is -2.14. The monoisotopic (exact) mass is 848 g/mol. The lowest BCUT2D eigenvalue weighted by atomic mass is 10.1. The molecular weight excluding hydrogens is 813 g/mol. The molecule has 2 aliphatic rings. The number of rotatable bonds is 12. The van der Waals surface area contributed by atoms with Crippen molar-refractivity contribution in [1.29, 1.82) is 10.5 Å².